The van der Waals surface area contributed by atoms with E-state index in [-0.39, 0.29) is 0 Å². The van der Waals surface area contributed by atoms with Gasteiger partial charge in [-0.1, -0.05) is 18.2 Å². The summed E-state index contributed by atoms with van der Waals surface area (Å²) >= 11 is 0. The average Bonchev–Trinajstić information content (AvgIpc) is 3.43. The maximum absolute atomic E-state index is 6.17. The fraction of sp³-hybridized carbons (Fsp3) is 0.222. The fourth-order valence-corrected chi connectivity index (χ4v) is 4.49. The third-order valence-electron chi connectivity index (χ3n) is 6.12. The predicted octanol–water partition coefficient (Wildman–Crippen LogP) is 6.98. The van der Waals surface area contributed by atoms with Crippen LogP contribution in [0.2, 0.25) is 0 Å². The summed E-state index contributed by atoms with van der Waals surface area (Å²) in [6.45, 7) is 9.48. The lowest BCUT2D eigenvalue weighted by Crippen LogP contribution is -2.21. The summed E-state index contributed by atoms with van der Waals surface area (Å²) < 4.78 is 8.53. The summed E-state index contributed by atoms with van der Waals surface area (Å²) in [7, 11) is 0. The Morgan fingerprint density at radius 1 is 0.806 bits per heavy atom. The second-order valence-electron chi connectivity index (χ2n) is 7.74. The van der Waals surface area contributed by atoms with Crippen LogP contribution in [0.4, 0.5) is 5.69 Å². The Hall–Kier alpha value is -3.53. The molecular weight excluding hydrogens is 382 g/mol. The topological polar surface area (TPSA) is 34.2 Å². The molecule has 156 valence electrons. The number of hydrogen-bond donors (Lipinski definition) is 0. The maximum atomic E-state index is 6.17. The maximum Gasteiger partial charge on any atom is 0.226 e. The van der Waals surface area contributed by atoms with Crippen molar-refractivity contribution in [3.63, 3.8) is 0 Å². The van der Waals surface area contributed by atoms with E-state index in [2.05, 4.69) is 102 Å². The van der Waals surface area contributed by atoms with Crippen LogP contribution >= 0.6 is 0 Å². The van der Waals surface area contributed by atoms with Gasteiger partial charge in [0.2, 0.25) is 5.89 Å². The van der Waals surface area contributed by atoms with Gasteiger partial charge in [-0.05, 0) is 69.3 Å². The van der Waals surface area contributed by atoms with Gasteiger partial charge in [0.1, 0.15) is 0 Å². The second-order valence-corrected chi connectivity index (χ2v) is 7.74. The predicted molar refractivity (Wildman–Crippen MR) is 130 cm³/mol. The Morgan fingerprint density at radius 3 is 2.26 bits per heavy atom. The van der Waals surface area contributed by atoms with Crippen molar-refractivity contribution in [2.75, 3.05) is 18.0 Å². The van der Waals surface area contributed by atoms with Crippen molar-refractivity contribution in [2.24, 2.45) is 0 Å². The molecule has 5 aromatic rings. The number of nitrogens with zero attached hydrogens (tertiary/aromatic N) is 3. The van der Waals surface area contributed by atoms with E-state index in [0.717, 1.165) is 36.5 Å². The molecule has 0 N–H and O–H groups in total. The smallest absolute Gasteiger partial charge is 0.226 e. The summed E-state index contributed by atoms with van der Waals surface area (Å²) in [6, 6.07) is 23.6. The fourth-order valence-electron chi connectivity index (χ4n) is 4.49. The molecule has 4 heteroatoms. The van der Waals surface area contributed by atoms with E-state index < -0.39 is 0 Å². The molecule has 2 aromatic heterocycles. The Morgan fingerprint density at radius 2 is 1.52 bits per heavy atom. The second kappa shape index (κ2) is 7.95. The van der Waals surface area contributed by atoms with Crippen LogP contribution < -0.4 is 4.90 Å². The Balaban J connectivity index is 1.51. The van der Waals surface area contributed by atoms with Gasteiger partial charge in [0.15, 0.2) is 5.76 Å². The molecule has 0 fully saturated rings. The first-order valence-corrected chi connectivity index (χ1v) is 11.1. The third kappa shape index (κ3) is 3.28. The highest BCUT2D eigenvalue weighted by molar-refractivity contribution is 6.09. The van der Waals surface area contributed by atoms with Crippen LogP contribution in [-0.4, -0.2) is 22.6 Å². The Kier molecular flexibility index (Phi) is 4.99. The van der Waals surface area contributed by atoms with Crippen molar-refractivity contribution in [3.05, 3.63) is 72.9 Å². The van der Waals surface area contributed by atoms with Crippen molar-refractivity contribution in [3.8, 4) is 22.8 Å². The van der Waals surface area contributed by atoms with Crippen molar-refractivity contribution in [1.29, 1.82) is 0 Å². The summed E-state index contributed by atoms with van der Waals surface area (Å²) in [5, 5.41) is 2.50. The number of fused-ring (bicyclic) bond motifs is 3. The Labute approximate surface area is 182 Å². The number of hydrogen-bond acceptors (Lipinski definition) is 3. The van der Waals surface area contributed by atoms with Crippen molar-refractivity contribution < 1.29 is 4.42 Å². The average molecular weight is 410 g/mol. The van der Waals surface area contributed by atoms with E-state index in [9.17, 15) is 0 Å². The van der Waals surface area contributed by atoms with Gasteiger partial charge >= 0.3 is 0 Å². The van der Waals surface area contributed by atoms with E-state index in [1.807, 2.05) is 6.20 Å². The molecule has 0 amide bonds. The number of aromatic nitrogens is 2. The van der Waals surface area contributed by atoms with Gasteiger partial charge in [0.25, 0.3) is 0 Å². The van der Waals surface area contributed by atoms with E-state index in [1.165, 1.54) is 27.5 Å². The number of anilines is 1. The zero-order valence-electron chi connectivity index (χ0n) is 18.3. The molecule has 5 rings (SSSR count). The molecule has 0 saturated heterocycles. The van der Waals surface area contributed by atoms with Crippen molar-refractivity contribution in [2.45, 2.75) is 27.3 Å². The molecule has 31 heavy (non-hydrogen) atoms. The molecule has 0 bridgehead atoms. The highest BCUT2D eigenvalue weighted by atomic mass is 16.4. The minimum Gasteiger partial charge on any atom is -0.436 e. The first-order valence-electron chi connectivity index (χ1n) is 11.1. The van der Waals surface area contributed by atoms with Gasteiger partial charge in [-0.2, -0.15) is 0 Å². The first-order chi connectivity index (χ1) is 15.2. The molecule has 0 spiro atoms. The molecule has 2 heterocycles. The van der Waals surface area contributed by atoms with Crippen LogP contribution in [-0.2, 0) is 6.54 Å². The lowest BCUT2D eigenvalue weighted by Gasteiger charge is -2.20. The minimum absolute atomic E-state index is 0.651. The highest BCUT2D eigenvalue weighted by Gasteiger charge is 2.14. The number of aryl methyl sites for hydroxylation is 1. The van der Waals surface area contributed by atoms with Gasteiger partial charge in [-0.25, -0.2) is 4.98 Å². The van der Waals surface area contributed by atoms with Crippen LogP contribution in [0.15, 0.2) is 77.3 Å². The number of rotatable bonds is 6. The highest BCUT2D eigenvalue weighted by Crippen LogP contribution is 2.33. The molecule has 0 aliphatic carbocycles. The summed E-state index contributed by atoms with van der Waals surface area (Å²) in [5.74, 6) is 1.44. The van der Waals surface area contributed by atoms with Gasteiger partial charge in [-0.15, -0.1) is 0 Å². The number of benzene rings is 3. The SMILES string of the molecule is CCN(CC)c1ccc(-c2cnc(-c3ccc4c(c3)c3ccccc3n4CC)o2)cc1. The Bertz CT molecular complexity index is 1340. The summed E-state index contributed by atoms with van der Waals surface area (Å²) in [5.41, 5.74) is 5.77. The zero-order valence-corrected chi connectivity index (χ0v) is 18.3. The van der Waals surface area contributed by atoms with Crippen LogP contribution in [0, 0.1) is 0 Å². The lowest BCUT2D eigenvalue weighted by atomic mass is 10.1. The van der Waals surface area contributed by atoms with Crippen molar-refractivity contribution in [1.82, 2.24) is 9.55 Å². The van der Waals surface area contributed by atoms with Gasteiger partial charge in [-0.3, -0.25) is 0 Å². The van der Waals surface area contributed by atoms with Gasteiger partial charge < -0.3 is 13.9 Å². The quantitative estimate of drug-likeness (QED) is 0.303. The number of para-hydroxylation sites is 1. The van der Waals surface area contributed by atoms with Gasteiger partial charge in [0.05, 0.1) is 6.20 Å². The van der Waals surface area contributed by atoms with Crippen LogP contribution in [0.3, 0.4) is 0 Å². The summed E-state index contributed by atoms with van der Waals surface area (Å²) in [4.78, 5) is 6.91. The summed E-state index contributed by atoms with van der Waals surface area (Å²) in [6.07, 6.45) is 1.82. The van der Waals surface area contributed by atoms with Crippen LogP contribution in [0.1, 0.15) is 20.8 Å². The molecular formula is C27H27N3O. The monoisotopic (exact) mass is 409 g/mol. The van der Waals surface area contributed by atoms with Gasteiger partial charge in [0, 0.05) is 58.3 Å². The minimum atomic E-state index is 0.651. The third-order valence-corrected chi connectivity index (χ3v) is 6.12. The number of oxazole rings is 1. The molecule has 0 saturated carbocycles. The largest absolute Gasteiger partial charge is 0.436 e. The molecule has 0 unspecified atom stereocenters. The molecule has 0 atom stereocenters. The van der Waals surface area contributed by atoms with E-state index in [1.54, 1.807) is 0 Å². The molecule has 0 aliphatic heterocycles. The van der Waals surface area contributed by atoms with Crippen LogP contribution in [0.25, 0.3) is 44.6 Å². The standard InChI is InChI=1S/C27H27N3O/c1-4-29(5-2)21-14-11-19(12-15-21)26-18-28-27(31-26)20-13-16-25-23(17-20)22-9-7-8-10-24(22)30(25)6-3/h7-18H,4-6H2,1-3H3. The molecule has 3 aromatic carbocycles. The van der Waals surface area contributed by atoms with E-state index >= 15 is 0 Å². The van der Waals surface area contributed by atoms with E-state index in [0.29, 0.717) is 5.89 Å². The first kappa shape index (κ1) is 19.4. The zero-order chi connectivity index (χ0) is 21.4. The lowest BCUT2D eigenvalue weighted by molar-refractivity contribution is 0.589. The molecule has 0 aliphatic rings. The van der Waals surface area contributed by atoms with Crippen molar-refractivity contribution >= 4 is 27.5 Å². The van der Waals surface area contributed by atoms with E-state index in [4.69, 9.17) is 4.42 Å². The molecule has 4 nitrogen and oxygen atoms in total. The molecule has 0 radical (unpaired) electrons. The normalized spacial score (nSPS) is 11.5. The van der Waals surface area contributed by atoms with Crippen LogP contribution in [0.5, 0.6) is 0 Å².